The van der Waals surface area contributed by atoms with E-state index in [1.807, 2.05) is 18.4 Å². The van der Waals surface area contributed by atoms with Gasteiger partial charge in [0.1, 0.15) is 5.82 Å². The molecule has 0 fully saturated rings. The van der Waals surface area contributed by atoms with Crippen molar-refractivity contribution in [3.05, 3.63) is 56.4 Å². The van der Waals surface area contributed by atoms with E-state index >= 15 is 0 Å². The molecule has 1 heterocycles. The first-order valence-electron chi connectivity index (χ1n) is 6.23. The average Bonchev–Trinajstić information content (AvgIpc) is 2.93. The van der Waals surface area contributed by atoms with Crippen LogP contribution in [-0.2, 0) is 6.42 Å². The van der Waals surface area contributed by atoms with Gasteiger partial charge in [-0.3, -0.25) is 4.79 Å². The van der Waals surface area contributed by atoms with Gasteiger partial charge in [0, 0.05) is 30.0 Å². The molecular weight excluding hydrogens is 341 g/mol. The molecular formula is C15H15BrFNOS. The molecule has 0 spiro atoms. The first-order chi connectivity index (χ1) is 9.49. The highest BCUT2D eigenvalue weighted by atomic mass is 79.9. The first-order valence-corrected chi connectivity index (χ1v) is 7.91. The Bertz CT molecular complexity index is 600. The molecule has 2 aromatic rings. The molecule has 1 aromatic carbocycles. The lowest BCUT2D eigenvalue weighted by Crippen LogP contribution is -2.36. The zero-order chi connectivity index (χ0) is 14.7. The highest BCUT2D eigenvalue weighted by Gasteiger charge is 2.19. The van der Waals surface area contributed by atoms with Crippen LogP contribution in [0.3, 0.4) is 0 Å². The van der Waals surface area contributed by atoms with Crippen LogP contribution in [0.4, 0.5) is 4.39 Å². The van der Waals surface area contributed by atoms with E-state index in [0.717, 1.165) is 6.42 Å². The zero-order valence-electron chi connectivity index (χ0n) is 11.3. The third-order valence-corrected chi connectivity index (χ3v) is 4.77. The molecule has 106 valence electrons. The van der Waals surface area contributed by atoms with E-state index in [0.29, 0.717) is 10.0 Å². The molecule has 1 atom stereocenters. The van der Waals surface area contributed by atoms with E-state index in [1.165, 1.54) is 10.9 Å². The molecule has 0 saturated heterocycles. The van der Waals surface area contributed by atoms with Crippen molar-refractivity contribution in [2.45, 2.75) is 19.4 Å². The van der Waals surface area contributed by atoms with Crippen molar-refractivity contribution < 1.29 is 9.18 Å². The summed E-state index contributed by atoms with van der Waals surface area (Å²) in [6.45, 7) is 1.99. The van der Waals surface area contributed by atoms with Gasteiger partial charge in [0.2, 0.25) is 0 Å². The minimum Gasteiger partial charge on any atom is -0.339 e. The van der Waals surface area contributed by atoms with Gasteiger partial charge in [-0.05, 0) is 52.5 Å². The lowest BCUT2D eigenvalue weighted by molar-refractivity contribution is 0.0743. The molecule has 1 aromatic heterocycles. The predicted molar refractivity (Wildman–Crippen MR) is 83.7 cm³/mol. The number of carbonyl (C=O) groups is 1. The van der Waals surface area contributed by atoms with E-state index in [2.05, 4.69) is 22.0 Å². The van der Waals surface area contributed by atoms with Crippen molar-refractivity contribution in [1.29, 1.82) is 0 Å². The van der Waals surface area contributed by atoms with Crippen LogP contribution in [0.25, 0.3) is 0 Å². The van der Waals surface area contributed by atoms with Crippen LogP contribution in [-0.4, -0.2) is 23.9 Å². The van der Waals surface area contributed by atoms with Gasteiger partial charge in [-0.2, -0.15) is 0 Å². The SMILES string of the molecule is CC(Cc1cccs1)N(C)C(=O)c1ccc(Br)c(F)c1. The molecule has 1 amide bonds. The average molecular weight is 356 g/mol. The maximum absolute atomic E-state index is 13.5. The van der Waals surface area contributed by atoms with Crippen LogP contribution < -0.4 is 0 Å². The van der Waals surface area contributed by atoms with Gasteiger partial charge in [-0.15, -0.1) is 11.3 Å². The fraction of sp³-hybridized carbons (Fsp3) is 0.267. The molecule has 0 aliphatic heterocycles. The summed E-state index contributed by atoms with van der Waals surface area (Å²) in [5.41, 5.74) is 0.367. The van der Waals surface area contributed by atoms with Crippen molar-refractivity contribution in [3.8, 4) is 0 Å². The monoisotopic (exact) mass is 355 g/mol. The number of amides is 1. The molecule has 2 rings (SSSR count). The third kappa shape index (κ3) is 3.46. The van der Waals surface area contributed by atoms with Crippen LogP contribution in [0.5, 0.6) is 0 Å². The standard InChI is InChI=1S/C15H15BrFNOS/c1-10(8-12-4-3-7-20-12)18(2)15(19)11-5-6-13(16)14(17)9-11/h3-7,9-10H,8H2,1-2H3. The number of thiophene rings is 1. The van der Waals surface area contributed by atoms with Gasteiger partial charge in [0.15, 0.2) is 0 Å². The van der Waals surface area contributed by atoms with Crippen LogP contribution in [0.2, 0.25) is 0 Å². The number of rotatable bonds is 4. The van der Waals surface area contributed by atoms with E-state index in [4.69, 9.17) is 0 Å². The van der Waals surface area contributed by atoms with E-state index in [9.17, 15) is 9.18 Å². The number of halogens is 2. The predicted octanol–water partition coefficient (Wildman–Crippen LogP) is 4.35. The molecule has 1 unspecified atom stereocenters. The second-order valence-electron chi connectivity index (χ2n) is 4.68. The van der Waals surface area contributed by atoms with Crippen molar-refractivity contribution in [2.24, 2.45) is 0 Å². The Hall–Kier alpha value is -1.20. The fourth-order valence-electron chi connectivity index (χ4n) is 1.89. The molecule has 0 N–H and O–H groups in total. The van der Waals surface area contributed by atoms with Crippen LogP contribution >= 0.6 is 27.3 Å². The quantitative estimate of drug-likeness (QED) is 0.798. The Morgan fingerprint density at radius 3 is 2.80 bits per heavy atom. The number of nitrogens with zero attached hydrogens (tertiary/aromatic N) is 1. The minimum absolute atomic E-state index is 0.0628. The van der Waals surface area contributed by atoms with E-state index in [1.54, 1.807) is 35.4 Å². The smallest absolute Gasteiger partial charge is 0.253 e. The van der Waals surface area contributed by atoms with Crippen molar-refractivity contribution >= 4 is 33.2 Å². The van der Waals surface area contributed by atoms with Crippen LogP contribution in [0.1, 0.15) is 22.2 Å². The molecule has 0 aliphatic rings. The maximum Gasteiger partial charge on any atom is 0.253 e. The van der Waals surface area contributed by atoms with Gasteiger partial charge >= 0.3 is 0 Å². The second kappa shape index (κ2) is 6.50. The Labute approximate surface area is 130 Å². The molecule has 5 heteroatoms. The molecule has 0 bridgehead atoms. The Morgan fingerprint density at radius 2 is 2.20 bits per heavy atom. The summed E-state index contributed by atoms with van der Waals surface area (Å²) < 4.78 is 13.9. The van der Waals surface area contributed by atoms with Gasteiger partial charge in [0.25, 0.3) is 5.91 Å². The number of likely N-dealkylation sites (N-methyl/N-ethyl adjacent to an activating group) is 1. The lowest BCUT2D eigenvalue weighted by atomic mass is 10.1. The summed E-state index contributed by atoms with van der Waals surface area (Å²) in [6, 6.07) is 8.57. The molecule has 20 heavy (non-hydrogen) atoms. The second-order valence-corrected chi connectivity index (χ2v) is 6.56. The highest BCUT2D eigenvalue weighted by molar-refractivity contribution is 9.10. The summed E-state index contributed by atoms with van der Waals surface area (Å²) in [7, 11) is 1.75. The van der Waals surface area contributed by atoms with Gasteiger partial charge in [0.05, 0.1) is 4.47 Å². The van der Waals surface area contributed by atoms with Gasteiger partial charge in [-0.25, -0.2) is 4.39 Å². The minimum atomic E-state index is -0.421. The topological polar surface area (TPSA) is 20.3 Å². The van der Waals surface area contributed by atoms with E-state index in [-0.39, 0.29) is 11.9 Å². The molecule has 2 nitrogen and oxygen atoms in total. The first kappa shape index (κ1) is 15.2. The summed E-state index contributed by atoms with van der Waals surface area (Å²) in [4.78, 5) is 15.2. The van der Waals surface area contributed by atoms with Crippen LogP contribution in [0.15, 0.2) is 40.2 Å². The Kier molecular flexibility index (Phi) is 4.94. The number of hydrogen-bond donors (Lipinski definition) is 0. The largest absolute Gasteiger partial charge is 0.339 e. The van der Waals surface area contributed by atoms with Crippen molar-refractivity contribution in [1.82, 2.24) is 4.90 Å². The molecule has 0 saturated carbocycles. The van der Waals surface area contributed by atoms with Crippen molar-refractivity contribution in [3.63, 3.8) is 0 Å². The Morgan fingerprint density at radius 1 is 1.45 bits per heavy atom. The van der Waals surface area contributed by atoms with Crippen molar-refractivity contribution in [2.75, 3.05) is 7.05 Å². The van der Waals surface area contributed by atoms with Crippen LogP contribution in [0, 0.1) is 5.82 Å². The van der Waals surface area contributed by atoms with Gasteiger partial charge in [-0.1, -0.05) is 6.07 Å². The summed E-state index contributed by atoms with van der Waals surface area (Å²) in [5, 5.41) is 2.02. The van der Waals surface area contributed by atoms with E-state index < -0.39 is 5.82 Å². The maximum atomic E-state index is 13.5. The number of benzene rings is 1. The zero-order valence-corrected chi connectivity index (χ0v) is 13.7. The number of carbonyl (C=O) groups excluding carboxylic acids is 1. The highest BCUT2D eigenvalue weighted by Crippen LogP contribution is 2.19. The Balaban J connectivity index is 2.09. The normalized spacial score (nSPS) is 12.2. The number of hydrogen-bond acceptors (Lipinski definition) is 2. The fourth-order valence-corrected chi connectivity index (χ4v) is 2.96. The van der Waals surface area contributed by atoms with Gasteiger partial charge < -0.3 is 4.90 Å². The summed E-state index contributed by atoms with van der Waals surface area (Å²) in [5.74, 6) is -0.587. The molecule has 0 radical (unpaired) electrons. The third-order valence-electron chi connectivity index (χ3n) is 3.22. The summed E-state index contributed by atoms with van der Waals surface area (Å²) >= 11 is 4.76. The summed E-state index contributed by atoms with van der Waals surface area (Å²) in [6.07, 6.45) is 0.804. The lowest BCUT2D eigenvalue weighted by Gasteiger charge is -2.24. The molecule has 0 aliphatic carbocycles.